The van der Waals surface area contributed by atoms with Crippen LogP contribution in [0.15, 0.2) is 28.9 Å². The number of carbonyl (C=O) groups excluding carboxylic acids is 1. The van der Waals surface area contributed by atoms with Gasteiger partial charge in [-0.25, -0.2) is 4.98 Å². The fourth-order valence-electron chi connectivity index (χ4n) is 4.33. The molecule has 2 aromatic rings. The number of aliphatic hydroxyl groups is 1. The fraction of sp³-hybridized carbons (Fsp3) is 0.630. The molecule has 10 heteroatoms. The SMILES string of the molecule is COc1ccc(CCN(C)C(=O)c2coc(CN3CCN(C[C@@H](O)CN(C)C(C)C)CC3)n2)cc1OC. The molecule has 37 heavy (non-hydrogen) atoms. The highest BCUT2D eigenvalue weighted by molar-refractivity contribution is 5.91. The van der Waals surface area contributed by atoms with Gasteiger partial charge in [-0.2, -0.15) is 0 Å². The zero-order chi connectivity index (χ0) is 26.9. The van der Waals surface area contributed by atoms with Gasteiger partial charge in [0.05, 0.1) is 26.9 Å². The van der Waals surface area contributed by atoms with Crippen LogP contribution >= 0.6 is 0 Å². The van der Waals surface area contributed by atoms with Crippen LogP contribution in [0.2, 0.25) is 0 Å². The van der Waals surface area contributed by atoms with E-state index in [-0.39, 0.29) is 12.0 Å². The first-order valence-electron chi connectivity index (χ1n) is 12.9. The minimum atomic E-state index is -0.358. The van der Waals surface area contributed by atoms with E-state index in [4.69, 9.17) is 13.9 Å². The van der Waals surface area contributed by atoms with Gasteiger partial charge in [0.25, 0.3) is 5.91 Å². The molecule has 1 fully saturated rings. The molecule has 1 N–H and O–H groups in total. The quantitative estimate of drug-likeness (QED) is 0.427. The van der Waals surface area contributed by atoms with Crippen LogP contribution in [0.4, 0.5) is 0 Å². The number of oxazole rings is 1. The Morgan fingerprint density at radius 1 is 1.11 bits per heavy atom. The van der Waals surface area contributed by atoms with Crippen molar-refractivity contribution in [3.8, 4) is 11.5 Å². The molecule has 1 saturated heterocycles. The minimum absolute atomic E-state index is 0.166. The molecule has 0 bridgehead atoms. The van der Waals surface area contributed by atoms with Crippen molar-refractivity contribution in [2.24, 2.45) is 0 Å². The minimum Gasteiger partial charge on any atom is -0.493 e. The molecule has 2 heterocycles. The second kappa shape index (κ2) is 13.8. The van der Waals surface area contributed by atoms with Gasteiger partial charge >= 0.3 is 0 Å². The summed E-state index contributed by atoms with van der Waals surface area (Å²) in [6.07, 6.45) is 1.77. The van der Waals surface area contributed by atoms with Crippen molar-refractivity contribution in [3.63, 3.8) is 0 Å². The average molecular weight is 518 g/mol. The first kappa shape index (κ1) is 28.9. The Morgan fingerprint density at radius 3 is 2.43 bits per heavy atom. The first-order chi connectivity index (χ1) is 17.7. The van der Waals surface area contributed by atoms with Crippen LogP contribution < -0.4 is 9.47 Å². The number of nitrogens with zero attached hydrogens (tertiary/aromatic N) is 5. The van der Waals surface area contributed by atoms with Gasteiger partial charge in [-0.05, 0) is 45.0 Å². The first-order valence-corrected chi connectivity index (χ1v) is 12.9. The second-order valence-corrected chi connectivity index (χ2v) is 10.1. The van der Waals surface area contributed by atoms with Crippen molar-refractivity contribution in [2.75, 3.05) is 74.1 Å². The number of benzene rings is 1. The lowest BCUT2D eigenvalue weighted by Crippen LogP contribution is -2.49. The van der Waals surface area contributed by atoms with Crippen LogP contribution in [-0.4, -0.2) is 122 Å². The largest absolute Gasteiger partial charge is 0.493 e. The molecule has 206 valence electrons. The summed E-state index contributed by atoms with van der Waals surface area (Å²) in [7, 11) is 7.02. The summed E-state index contributed by atoms with van der Waals surface area (Å²) in [5, 5.41) is 10.4. The summed E-state index contributed by atoms with van der Waals surface area (Å²) >= 11 is 0. The molecule has 1 aliphatic heterocycles. The van der Waals surface area contributed by atoms with Crippen LogP contribution in [0.1, 0.15) is 35.8 Å². The third-order valence-electron chi connectivity index (χ3n) is 6.97. The highest BCUT2D eigenvalue weighted by Gasteiger charge is 2.23. The maximum Gasteiger partial charge on any atom is 0.275 e. The molecule has 0 saturated carbocycles. The Balaban J connectivity index is 1.43. The molecule has 0 unspecified atom stereocenters. The van der Waals surface area contributed by atoms with Gasteiger partial charge in [0, 0.05) is 58.9 Å². The number of methoxy groups -OCH3 is 2. The highest BCUT2D eigenvalue weighted by Crippen LogP contribution is 2.27. The summed E-state index contributed by atoms with van der Waals surface area (Å²) in [4.78, 5) is 25.7. The van der Waals surface area contributed by atoms with E-state index in [2.05, 4.69) is 33.5 Å². The lowest BCUT2D eigenvalue weighted by atomic mass is 10.1. The van der Waals surface area contributed by atoms with Crippen molar-refractivity contribution < 1.29 is 23.8 Å². The Hall–Kier alpha value is -2.66. The van der Waals surface area contributed by atoms with Crippen LogP contribution in [-0.2, 0) is 13.0 Å². The van der Waals surface area contributed by atoms with Crippen molar-refractivity contribution in [3.05, 3.63) is 41.6 Å². The Morgan fingerprint density at radius 2 is 1.78 bits per heavy atom. The molecule has 10 nitrogen and oxygen atoms in total. The molecule has 1 amide bonds. The summed E-state index contributed by atoms with van der Waals surface area (Å²) in [6.45, 7) is 10.2. The van der Waals surface area contributed by atoms with Crippen molar-refractivity contribution in [1.82, 2.24) is 24.6 Å². The smallest absolute Gasteiger partial charge is 0.275 e. The number of rotatable bonds is 13. The predicted molar refractivity (Wildman–Crippen MR) is 142 cm³/mol. The lowest BCUT2D eigenvalue weighted by Gasteiger charge is -2.35. The molecule has 0 spiro atoms. The molecule has 1 aliphatic rings. The van der Waals surface area contributed by atoms with Crippen molar-refractivity contribution >= 4 is 5.91 Å². The number of hydrogen-bond donors (Lipinski definition) is 1. The van der Waals surface area contributed by atoms with Gasteiger partial charge < -0.3 is 28.8 Å². The molecule has 1 aromatic heterocycles. The second-order valence-electron chi connectivity index (χ2n) is 10.1. The molecular weight excluding hydrogens is 474 g/mol. The predicted octanol–water partition coefficient (Wildman–Crippen LogP) is 1.83. The molecular formula is C27H43N5O5. The van der Waals surface area contributed by atoms with Gasteiger partial charge in [0.1, 0.15) is 6.26 Å². The molecule has 3 rings (SSSR count). The maximum atomic E-state index is 12.9. The van der Waals surface area contributed by atoms with Crippen molar-refractivity contribution in [2.45, 2.75) is 39.0 Å². The van der Waals surface area contributed by atoms with E-state index >= 15 is 0 Å². The van der Waals surface area contributed by atoms with Crippen molar-refractivity contribution in [1.29, 1.82) is 0 Å². The van der Waals surface area contributed by atoms with E-state index in [1.54, 1.807) is 26.2 Å². The van der Waals surface area contributed by atoms with E-state index in [0.29, 0.717) is 61.7 Å². The Labute approximate surface area is 220 Å². The van der Waals surface area contributed by atoms with Gasteiger partial charge in [-0.1, -0.05) is 6.07 Å². The zero-order valence-electron chi connectivity index (χ0n) is 23.1. The van der Waals surface area contributed by atoms with Crippen LogP contribution in [0.5, 0.6) is 11.5 Å². The number of hydrogen-bond acceptors (Lipinski definition) is 9. The zero-order valence-corrected chi connectivity index (χ0v) is 23.1. The number of aliphatic hydroxyl groups excluding tert-OH is 1. The molecule has 0 aliphatic carbocycles. The van der Waals surface area contributed by atoms with Crippen LogP contribution in [0.3, 0.4) is 0 Å². The van der Waals surface area contributed by atoms with E-state index in [1.165, 1.54) is 6.26 Å². The number of aromatic nitrogens is 1. The lowest BCUT2D eigenvalue weighted by molar-refractivity contribution is 0.0469. The topological polar surface area (TPSA) is 94.8 Å². The summed E-state index contributed by atoms with van der Waals surface area (Å²) in [6, 6.07) is 6.18. The van der Waals surface area contributed by atoms with Gasteiger partial charge in [0.2, 0.25) is 5.89 Å². The fourth-order valence-corrected chi connectivity index (χ4v) is 4.33. The molecule has 1 aromatic carbocycles. The number of amides is 1. The summed E-state index contributed by atoms with van der Waals surface area (Å²) in [5.41, 5.74) is 1.37. The number of piperazine rings is 1. The van der Waals surface area contributed by atoms with E-state index in [9.17, 15) is 9.90 Å². The number of carbonyl (C=O) groups is 1. The normalized spacial score (nSPS) is 15.8. The van der Waals surface area contributed by atoms with E-state index in [0.717, 1.165) is 31.7 Å². The van der Waals surface area contributed by atoms with Gasteiger partial charge in [0.15, 0.2) is 17.2 Å². The number of β-amino-alcohol motifs (C(OH)–C–C–N with tert-alkyl or cyclic N) is 1. The van der Waals surface area contributed by atoms with Crippen LogP contribution in [0, 0.1) is 0 Å². The molecule has 1 atom stereocenters. The number of likely N-dealkylation sites (N-methyl/N-ethyl adjacent to an activating group) is 2. The van der Waals surface area contributed by atoms with Crippen LogP contribution in [0.25, 0.3) is 0 Å². The van der Waals surface area contributed by atoms with Gasteiger partial charge in [-0.15, -0.1) is 0 Å². The molecule has 0 radical (unpaired) electrons. The average Bonchev–Trinajstić information content (AvgIpc) is 3.35. The summed E-state index contributed by atoms with van der Waals surface area (Å²) in [5.74, 6) is 1.73. The monoisotopic (exact) mass is 517 g/mol. The maximum absolute atomic E-state index is 12.9. The standard InChI is InChI=1S/C27H43N5O5/c1-20(2)30(4)16-22(33)17-31-11-13-32(14-12-31)18-26-28-23(19-37-26)27(34)29(3)10-9-21-7-8-24(35-5)25(15-21)36-6/h7-8,15,19-20,22,33H,9-14,16-18H2,1-6H3/t22-/m0/s1. The summed E-state index contributed by atoms with van der Waals surface area (Å²) < 4.78 is 16.3. The van der Waals surface area contributed by atoms with E-state index in [1.807, 2.05) is 25.2 Å². The Kier molecular flexibility index (Phi) is 10.7. The Bertz CT molecular complexity index is 989. The van der Waals surface area contributed by atoms with E-state index < -0.39 is 0 Å². The number of ether oxygens (including phenoxy) is 2. The highest BCUT2D eigenvalue weighted by atomic mass is 16.5. The third kappa shape index (κ3) is 8.43. The third-order valence-corrected chi connectivity index (χ3v) is 6.97. The van der Waals surface area contributed by atoms with Gasteiger partial charge in [-0.3, -0.25) is 14.6 Å².